The Bertz CT molecular complexity index is 284. The smallest absolute Gasteiger partial charge is 0.119 e. The van der Waals surface area contributed by atoms with Crippen LogP contribution in [-0.2, 0) is 0 Å². The third-order valence-electron chi connectivity index (χ3n) is 1.95. The molecule has 1 aromatic rings. The van der Waals surface area contributed by atoms with Crippen LogP contribution in [0, 0.1) is 0 Å². The monoisotopic (exact) mass is 226 g/mol. The molecule has 1 unspecified atom stereocenters. The van der Waals surface area contributed by atoms with Crippen LogP contribution in [0.4, 0.5) is 0 Å². The maximum atomic E-state index is 9.09. The summed E-state index contributed by atoms with van der Waals surface area (Å²) < 4.78 is 10.7. The van der Waals surface area contributed by atoms with E-state index < -0.39 is 6.10 Å². The Hall–Kier alpha value is -1.26. The van der Waals surface area contributed by atoms with E-state index >= 15 is 0 Å². The minimum Gasteiger partial charge on any atom is -0.494 e. The van der Waals surface area contributed by atoms with Crippen LogP contribution < -0.4 is 9.47 Å². The van der Waals surface area contributed by atoms with E-state index in [4.69, 9.17) is 19.7 Å². The third kappa shape index (κ3) is 4.51. The first-order valence-electron chi connectivity index (χ1n) is 5.40. The molecule has 0 saturated carbocycles. The van der Waals surface area contributed by atoms with E-state index in [0.29, 0.717) is 12.4 Å². The zero-order chi connectivity index (χ0) is 11.8. The number of aliphatic hydroxyl groups is 2. The predicted octanol–water partition coefficient (Wildman–Crippen LogP) is 1.21. The second-order valence-corrected chi connectivity index (χ2v) is 3.47. The maximum Gasteiger partial charge on any atom is 0.119 e. The minimum absolute atomic E-state index is 0.0890. The summed E-state index contributed by atoms with van der Waals surface area (Å²) in [5.41, 5.74) is 0. The Balaban J connectivity index is 2.38. The van der Waals surface area contributed by atoms with Crippen molar-refractivity contribution in [1.82, 2.24) is 0 Å². The molecule has 90 valence electrons. The van der Waals surface area contributed by atoms with Crippen molar-refractivity contribution in [2.45, 2.75) is 19.4 Å². The van der Waals surface area contributed by atoms with Crippen molar-refractivity contribution in [3.63, 3.8) is 0 Å². The number of ether oxygens (including phenoxy) is 2. The van der Waals surface area contributed by atoms with E-state index in [2.05, 4.69) is 0 Å². The van der Waals surface area contributed by atoms with Crippen molar-refractivity contribution in [1.29, 1.82) is 0 Å². The van der Waals surface area contributed by atoms with Crippen LogP contribution in [0.1, 0.15) is 13.3 Å². The number of benzene rings is 1. The molecule has 0 fully saturated rings. The highest BCUT2D eigenvalue weighted by atomic mass is 16.5. The summed E-state index contributed by atoms with van der Waals surface area (Å²) in [6, 6.07) is 7.18. The average molecular weight is 226 g/mol. The van der Waals surface area contributed by atoms with Crippen molar-refractivity contribution in [2.75, 3.05) is 19.8 Å². The molecular weight excluding hydrogens is 208 g/mol. The maximum absolute atomic E-state index is 9.09. The van der Waals surface area contributed by atoms with Crippen LogP contribution in [0.2, 0.25) is 0 Å². The van der Waals surface area contributed by atoms with E-state index in [0.717, 1.165) is 12.2 Å². The van der Waals surface area contributed by atoms with Gasteiger partial charge >= 0.3 is 0 Å². The van der Waals surface area contributed by atoms with Crippen molar-refractivity contribution >= 4 is 0 Å². The summed E-state index contributed by atoms with van der Waals surface area (Å²) in [6.45, 7) is 2.54. The third-order valence-corrected chi connectivity index (χ3v) is 1.95. The highest BCUT2D eigenvalue weighted by Crippen LogP contribution is 2.17. The van der Waals surface area contributed by atoms with Gasteiger partial charge < -0.3 is 19.7 Å². The van der Waals surface area contributed by atoms with Crippen LogP contribution in [-0.4, -0.2) is 36.1 Å². The molecule has 1 aromatic carbocycles. The largest absolute Gasteiger partial charge is 0.494 e. The average Bonchev–Trinajstić information content (AvgIpc) is 2.34. The Morgan fingerprint density at radius 2 is 1.69 bits per heavy atom. The molecule has 0 saturated heterocycles. The summed E-state index contributed by atoms with van der Waals surface area (Å²) in [7, 11) is 0. The first kappa shape index (κ1) is 12.8. The van der Waals surface area contributed by atoms with Crippen LogP contribution in [0.5, 0.6) is 11.5 Å². The summed E-state index contributed by atoms with van der Waals surface area (Å²) in [4.78, 5) is 0. The summed E-state index contributed by atoms with van der Waals surface area (Å²) in [5, 5.41) is 17.7. The molecule has 0 radical (unpaired) electrons. The van der Waals surface area contributed by atoms with E-state index in [1.165, 1.54) is 0 Å². The van der Waals surface area contributed by atoms with Crippen molar-refractivity contribution in [2.24, 2.45) is 0 Å². The molecule has 4 nitrogen and oxygen atoms in total. The van der Waals surface area contributed by atoms with E-state index in [1.807, 2.05) is 19.1 Å². The molecular formula is C12H18O4. The van der Waals surface area contributed by atoms with Gasteiger partial charge in [-0.2, -0.15) is 0 Å². The quantitative estimate of drug-likeness (QED) is 0.733. The second-order valence-electron chi connectivity index (χ2n) is 3.47. The molecule has 0 aliphatic rings. The Morgan fingerprint density at radius 1 is 1.12 bits per heavy atom. The normalized spacial score (nSPS) is 12.2. The van der Waals surface area contributed by atoms with Gasteiger partial charge in [-0.05, 0) is 30.7 Å². The van der Waals surface area contributed by atoms with Gasteiger partial charge in [-0.3, -0.25) is 0 Å². The highest BCUT2D eigenvalue weighted by molar-refractivity contribution is 5.31. The van der Waals surface area contributed by atoms with Crippen LogP contribution in [0.25, 0.3) is 0 Å². The molecule has 0 aliphatic heterocycles. The number of hydrogen-bond acceptors (Lipinski definition) is 4. The lowest BCUT2D eigenvalue weighted by molar-refractivity contribution is 0.0536. The summed E-state index contributed by atoms with van der Waals surface area (Å²) in [6.07, 6.45) is 0.136. The van der Waals surface area contributed by atoms with E-state index in [-0.39, 0.29) is 13.2 Å². The van der Waals surface area contributed by atoms with Gasteiger partial charge in [0, 0.05) is 0 Å². The minimum atomic E-state index is -0.837. The van der Waals surface area contributed by atoms with Crippen LogP contribution >= 0.6 is 0 Å². The van der Waals surface area contributed by atoms with Crippen LogP contribution in [0.3, 0.4) is 0 Å². The number of rotatable bonds is 7. The van der Waals surface area contributed by atoms with Crippen LogP contribution in [0.15, 0.2) is 24.3 Å². The Morgan fingerprint density at radius 3 is 2.19 bits per heavy atom. The Labute approximate surface area is 95.4 Å². The van der Waals surface area contributed by atoms with Gasteiger partial charge in [0.1, 0.15) is 24.2 Å². The SMILES string of the molecule is CCCOc1ccc(OCC(O)CO)cc1. The molecule has 2 N–H and O–H groups in total. The lowest BCUT2D eigenvalue weighted by Gasteiger charge is -2.10. The zero-order valence-electron chi connectivity index (χ0n) is 9.43. The predicted molar refractivity (Wildman–Crippen MR) is 60.8 cm³/mol. The molecule has 0 aliphatic carbocycles. The standard InChI is InChI=1S/C12H18O4/c1-2-7-15-11-3-5-12(6-4-11)16-9-10(14)8-13/h3-6,10,13-14H,2,7-9H2,1H3. The molecule has 0 bridgehead atoms. The molecule has 0 aromatic heterocycles. The van der Waals surface area contributed by atoms with Gasteiger partial charge in [-0.1, -0.05) is 6.92 Å². The van der Waals surface area contributed by atoms with Gasteiger partial charge in [0.05, 0.1) is 13.2 Å². The lowest BCUT2D eigenvalue weighted by atomic mass is 10.3. The van der Waals surface area contributed by atoms with Gasteiger partial charge in [0.15, 0.2) is 0 Å². The Kier molecular flexibility index (Phi) is 5.67. The molecule has 0 spiro atoms. The molecule has 0 heterocycles. The van der Waals surface area contributed by atoms with Crippen molar-refractivity contribution in [3.05, 3.63) is 24.3 Å². The van der Waals surface area contributed by atoms with E-state index in [9.17, 15) is 0 Å². The summed E-state index contributed by atoms with van der Waals surface area (Å²) >= 11 is 0. The van der Waals surface area contributed by atoms with Gasteiger partial charge in [-0.25, -0.2) is 0 Å². The molecule has 4 heteroatoms. The lowest BCUT2D eigenvalue weighted by Crippen LogP contribution is -2.21. The second kappa shape index (κ2) is 7.09. The summed E-state index contributed by atoms with van der Waals surface area (Å²) in [5.74, 6) is 1.45. The van der Waals surface area contributed by atoms with E-state index in [1.54, 1.807) is 12.1 Å². The van der Waals surface area contributed by atoms with Gasteiger partial charge in [0.2, 0.25) is 0 Å². The van der Waals surface area contributed by atoms with Gasteiger partial charge in [0.25, 0.3) is 0 Å². The number of hydrogen-bond donors (Lipinski definition) is 2. The fourth-order valence-electron chi connectivity index (χ4n) is 1.10. The molecule has 0 amide bonds. The highest BCUT2D eigenvalue weighted by Gasteiger charge is 2.02. The fourth-order valence-corrected chi connectivity index (χ4v) is 1.10. The fraction of sp³-hybridized carbons (Fsp3) is 0.500. The van der Waals surface area contributed by atoms with Crippen molar-refractivity contribution in [3.8, 4) is 11.5 Å². The van der Waals surface area contributed by atoms with Gasteiger partial charge in [-0.15, -0.1) is 0 Å². The molecule has 1 atom stereocenters. The first-order chi connectivity index (χ1) is 7.76. The number of aliphatic hydroxyl groups excluding tert-OH is 2. The topological polar surface area (TPSA) is 58.9 Å². The molecule has 1 rings (SSSR count). The first-order valence-corrected chi connectivity index (χ1v) is 5.40. The molecule has 16 heavy (non-hydrogen) atoms. The zero-order valence-corrected chi connectivity index (χ0v) is 9.43. The van der Waals surface area contributed by atoms with Crippen molar-refractivity contribution < 1.29 is 19.7 Å².